The van der Waals surface area contributed by atoms with Crippen molar-refractivity contribution in [1.29, 1.82) is 0 Å². The van der Waals surface area contributed by atoms with Gasteiger partial charge >= 0.3 is 0 Å². The lowest BCUT2D eigenvalue weighted by molar-refractivity contribution is -0.126. The van der Waals surface area contributed by atoms with Gasteiger partial charge < -0.3 is 5.32 Å². The number of amides is 2. The molecule has 0 aromatic carbocycles. The Morgan fingerprint density at radius 2 is 2.08 bits per heavy atom. The molecule has 2 aromatic rings. The molecule has 134 valence electrons. The first kappa shape index (κ1) is 17.2. The van der Waals surface area contributed by atoms with Gasteiger partial charge in [0.15, 0.2) is 0 Å². The molecule has 1 unspecified atom stereocenters. The molecule has 1 aliphatic rings. The van der Waals surface area contributed by atoms with E-state index < -0.39 is 6.04 Å². The summed E-state index contributed by atoms with van der Waals surface area (Å²) < 4.78 is 3.49. The van der Waals surface area contributed by atoms with Crippen molar-refractivity contribution >= 4 is 17.6 Å². The Morgan fingerprint density at radius 1 is 1.32 bits per heavy atom. The van der Waals surface area contributed by atoms with Gasteiger partial charge in [0.2, 0.25) is 5.91 Å². The van der Waals surface area contributed by atoms with Gasteiger partial charge in [0.1, 0.15) is 11.9 Å². The zero-order chi connectivity index (χ0) is 18.1. The Hall–Kier alpha value is -2.64. The molecule has 1 atom stereocenters. The van der Waals surface area contributed by atoms with Crippen LogP contribution in [-0.2, 0) is 30.1 Å². The van der Waals surface area contributed by atoms with Crippen molar-refractivity contribution in [3.63, 3.8) is 0 Å². The summed E-state index contributed by atoms with van der Waals surface area (Å²) in [7, 11) is 3.70. The lowest BCUT2D eigenvalue weighted by Crippen LogP contribution is -2.42. The number of nitrogens with one attached hydrogen (secondary N) is 1. The zero-order valence-corrected chi connectivity index (χ0v) is 15.1. The molecule has 0 saturated carbocycles. The number of rotatable bonds is 5. The van der Waals surface area contributed by atoms with Crippen molar-refractivity contribution in [2.75, 3.05) is 11.4 Å². The molecule has 1 saturated heterocycles. The van der Waals surface area contributed by atoms with Crippen LogP contribution in [0, 0.1) is 13.8 Å². The molecule has 0 radical (unpaired) electrons. The summed E-state index contributed by atoms with van der Waals surface area (Å²) in [5.41, 5.74) is 2.98. The summed E-state index contributed by atoms with van der Waals surface area (Å²) in [4.78, 5) is 26.5. The molecule has 0 spiro atoms. The standard InChI is InChI=1S/C17H24N6O2/c1-11-9-16(22(4)20-11)23-8-7-14(17(23)25)19-15(24)6-5-13-10-18-21(3)12(13)2/h9-10,14H,5-8H2,1-4H3,(H,19,24). The van der Waals surface area contributed by atoms with Gasteiger partial charge in [0.25, 0.3) is 5.91 Å². The van der Waals surface area contributed by atoms with E-state index in [1.165, 1.54) is 0 Å². The molecular formula is C17H24N6O2. The van der Waals surface area contributed by atoms with E-state index in [1.807, 2.05) is 34.0 Å². The van der Waals surface area contributed by atoms with Gasteiger partial charge in [-0.1, -0.05) is 0 Å². The molecule has 2 amide bonds. The molecule has 1 fully saturated rings. The van der Waals surface area contributed by atoms with Crippen LogP contribution in [0.1, 0.15) is 29.8 Å². The number of hydrogen-bond acceptors (Lipinski definition) is 4. The van der Waals surface area contributed by atoms with Gasteiger partial charge in [-0.05, 0) is 32.3 Å². The number of carbonyl (C=O) groups is 2. The fraction of sp³-hybridized carbons (Fsp3) is 0.529. The molecule has 1 aliphatic heterocycles. The van der Waals surface area contributed by atoms with Crippen LogP contribution in [0.25, 0.3) is 0 Å². The average Bonchev–Trinajstić information content (AvgIpc) is 3.18. The number of anilines is 1. The number of carbonyl (C=O) groups excluding carboxylic acids is 2. The number of aromatic nitrogens is 4. The lowest BCUT2D eigenvalue weighted by Gasteiger charge is -2.17. The van der Waals surface area contributed by atoms with E-state index in [1.54, 1.807) is 20.5 Å². The Bertz CT molecular complexity index is 806. The molecule has 8 heteroatoms. The van der Waals surface area contributed by atoms with Crippen LogP contribution in [0.5, 0.6) is 0 Å². The maximum Gasteiger partial charge on any atom is 0.250 e. The van der Waals surface area contributed by atoms with Crippen LogP contribution >= 0.6 is 0 Å². The third-order valence-electron chi connectivity index (χ3n) is 4.75. The van der Waals surface area contributed by atoms with E-state index in [0.717, 1.165) is 22.8 Å². The second-order valence-electron chi connectivity index (χ2n) is 6.55. The Morgan fingerprint density at radius 3 is 2.68 bits per heavy atom. The highest BCUT2D eigenvalue weighted by Crippen LogP contribution is 2.22. The van der Waals surface area contributed by atoms with Gasteiger partial charge in [0, 0.05) is 38.8 Å². The second-order valence-corrected chi connectivity index (χ2v) is 6.55. The molecule has 0 aliphatic carbocycles. The molecule has 0 bridgehead atoms. The lowest BCUT2D eigenvalue weighted by atomic mass is 10.1. The maximum atomic E-state index is 12.6. The SMILES string of the molecule is Cc1cc(N2CCC(NC(=O)CCc3cnn(C)c3C)C2=O)n(C)n1. The molecule has 8 nitrogen and oxygen atoms in total. The highest BCUT2D eigenvalue weighted by Gasteiger charge is 2.34. The third kappa shape index (κ3) is 3.42. The Labute approximate surface area is 146 Å². The first-order valence-electron chi connectivity index (χ1n) is 8.45. The molecule has 1 N–H and O–H groups in total. The van der Waals surface area contributed by atoms with Gasteiger partial charge in [-0.2, -0.15) is 10.2 Å². The first-order valence-corrected chi connectivity index (χ1v) is 8.45. The van der Waals surface area contributed by atoms with Crippen LogP contribution in [0.2, 0.25) is 0 Å². The van der Waals surface area contributed by atoms with Crippen molar-refractivity contribution in [3.8, 4) is 0 Å². The molecule has 3 heterocycles. The topological polar surface area (TPSA) is 85.0 Å². The summed E-state index contributed by atoms with van der Waals surface area (Å²) in [6, 6.07) is 1.42. The van der Waals surface area contributed by atoms with Gasteiger partial charge in [-0.15, -0.1) is 0 Å². The Balaban J connectivity index is 1.56. The molecule has 25 heavy (non-hydrogen) atoms. The van der Waals surface area contributed by atoms with Crippen LogP contribution < -0.4 is 10.2 Å². The van der Waals surface area contributed by atoms with E-state index >= 15 is 0 Å². The number of aryl methyl sites for hydroxylation is 4. The smallest absolute Gasteiger partial charge is 0.250 e. The van der Waals surface area contributed by atoms with Crippen molar-refractivity contribution in [2.45, 2.75) is 39.2 Å². The maximum absolute atomic E-state index is 12.6. The van der Waals surface area contributed by atoms with E-state index in [2.05, 4.69) is 15.5 Å². The van der Waals surface area contributed by atoms with Crippen molar-refractivity contribution in [1.82, 2.24) is 24.9 Å². The van der Waals surface area contributed by atoms with Crippen LogP contribution in [0.4, 0.5) is 5.82 Å². The summed E-state index contributed by atoms with van der Waals surface area (Å²) in [5.74, 6) is 0.587. The minimum Gasteiger partial charge on any atom is -0.344 e. The van der Waals surface area contributed by atoms with Crippen molar-refractivity contribution in [3.05, 3.63) is 29.2 Å². The van der Waals surface area contributed by atoms with Crippen LogP contribution in [-0.4, -0.2) is 44.0 Å². The van der Waals surface area contributed by atoms with E-state index in [-0.39, 0.29) is 11.8 Å². The van der Waals surface area contributed by atoms with E-state index in [4.69, 9.17) is 0 Å². The molecule has 2 aromatic heterocycles. The van der Waals surface area contributed by atoms with Crippen LogP contribution in [0.3, 0.4) is 0 Å². The predicted molar refractivity (Wildman–Crippen MR) is 93.1 cm³/mol. The van der Waals surface area contributed by atoms with Crippen molar-refractivity contribution < 1.29 is 9.59 Å². The van der Waals surface area contributed by atoms with E-state index in [9.17, 15) is 9.59 Å². The van der Waals surface area contributed by atoms with Gasteiger partial charge in [-0.25, -0.2) is 0 Å². The largest absolute Gasteiger partial charge is 0.344 e. The van der Waals surface area contributed by atoms with Gasteiger partial charge in [0.05, 0.1) is 11.9 Å². The highest BCUT2D eigenvalue weighted by molar-refractivity contribution is 6.00. The minimum atomic E-state index is -0.460. The molecular weight excluding hydrogens is 320 g/mol. The quantitative estimate of drug-likeness (QED) is 0.862. The summed E-state index contributed by atoms with van der Waals surface area (Å²) in [5, 5.41) is 11.3. The van der Waals surface area contributed by atoms with Crippen LogP contribution in [0.15, 0.2) is 12.3 Å². The average molecular weight is 344 g/mol. The monoisotopic (exact) mass is 344 g/mol. The van der Waals surface area contributed by atoms with E-state index in [0.29, 0.717) is 25.8 Å². The number of nitrogens with zero attached hydrogens (tertiary/aromatic N) is 5. The fourth-order valence-corrected chi connectivity index (χ4v) is 3.20. The summed E-state index contributed by atoms with van der Waals surface area (Å²) in [6.45, 7) is 4.46. The summed E-state index contributed by atoms with van der Waals surface area (Å²) >= 11 is 0. The second kappa shape index (κ2) is 6.70. The van der Waals surface area contributed by atoms with Crippen molar-refractivity contribution in [2.24, 2.45) is 14.1 Å². The fourth-order valence-electron chi connectivity index (χ4n) is 3.20. The predicted octanol–water partition coefficient (Wildman–Crippen LogP) is 0.625. The zero-order valence-electron chi connectivity index (χ0n) is 15.1. The first-order chi connectivity index (χ1) is 11.9. The number of hydrogen-bond donors (Lipinski definition) is 1. The van der Waals surface area contributed by atoms with Gasteiger partial charge in [-0.3, -0.25) is 23.9 Å². The normalized spacial score (nSPS) is 17.4. The highest BCUT2D eigenvalue weighted by atomic mass is 16.2. The Kier molecular flexibility index (Phi) is 4.61. The summed E-state index contributed by atoms with van der Waals surface area (Å²) in [6.07, 6.45) is 3.37. The molecule has 3 rings (SSSR count). The minimum absolute atomic E-state index is 0.0751. The third-order valence-corrected chi connectivity index (χ3v) is 4.75.